The van der Waals surface area contributed by atoms with Crippen LogP contribution in [-0.4, -0.2) is 59.5 Å². The number of nitrogens with two attached hydrogens (primary N) is 1. The monoisotopic (exact) mass is 538 g/mol. The van der Waals surface area contributed by atoms with Gasteiger partial charge in [-0.25, -0.2) is 0 Å². The van der Waals surface area contributed by atoms with E-state index in [4.69, 9.17) is 10.5 Å². The Morgan fingerprint density at radius 1 is 1.16 bits per heavy atom. The Balaban J connectivity index is 2.90. The highest BCUT2D eigenvalue weighted by Crippen LogP contribution is 2.34. The van der Waals surface area contributed by atoms with Crippen LogP contribution in [0.4, 0.5) is 0 Å². The number of aliphatic hydroxyl groups excluding tert-OH is 2. The molecule has 0 radical (unpaired) electrons. The minimum atomic E-state index is -0.728. The van der Waals surface area contributed by atoms with Crippen LogP contribution in [0.3, 0.4) is 0 Å². The van der Waals surface area contributed by atoms with Gasteiger partial charge in [-0.1, -0.05) is 67.0 Å². The van der Waals surface area contributed by atoms with Crippen molar-refractivity contribution in [2.24, 2.45) is 23.5 Å². The number of benzene rings is 1. The van der Waals surface area contributed by atoms with E-state index in [1.54, 1.807) is 11.8 Å². The van der Waals surface area contributed by atoms with E-state index in [2.05, 4.69) is 65.1 Å². The number of rotatable bonds is 17. The number of hydrogen-bond donors (Lipinski definition) is 4. The Labute approximate surface area is 230 Å². The van der Waals surface area contributed by atoms with Crippen molar-refractivity contribution < 1.29 is 19.7 Å². The van der Waals surface area contributed by atoms with Crippen LogP contribution in [0.5, 0.6) is 5.75 Å². The smallest absolute Gasteiger partial charge is 0.222 e. The zero-order valence-electron chi connectivity index (χ0n) is 24.5. The Hall–Kier alpha value is -1.28. The number of aliphatic hydroxyl groups is 2. The Kier molecular flexibility index (Phi) is 15.2. The average Bonchev–Trinajstić information content (AvgIpc) is 2.81. The largest absolute Gasteiger partial charge is 0.491 e. The Morgan fingerprint density at radius 2 is 1.84 bits per heavy atom. The number of nitrogens with one attached hydrogen (secondary N) is 1. The molecular weight excluding hydrogens is 484 g/mol. The summed E-state index contributed by atoms with van der Waals surface area (Å²) in [7, 11) is 0. The Morgan fingerprint density at radius 3 is 2.41 bits per heavy atom. The lowest BCUT2D eigenvalue weighted by Gasteiger charge is -2.29. The molecule has 0 unspecified atom stereocenters. The molecule has 0 spiro atoms. The number of unbranched alkanes of at least 4 members (excludes halogenated alkanes) is 1. The van der Waals surface area contributed by atoms with Gasteiger partial charge in [0.25, 0.3) is 0 Å². The van der Waals surface area contributed by atoms with Crippen molar-refractivity contribution in [1.29, 1.82) is 0 Å². The minimum absolute atomic E-state index is 0.0192. The summed E-state index contributed by atoms with van der Waals surface area (Å²) in [6.45, 7) is 15.7. The molecule has 1 amide bonds. The maximum absolute atomic E-state index is 12.3. The zero-order chi connectivity index (χ0) is 28.2. The van der Waals surface area contributed by atoms with E-state index in [-0.39, 0.29) is 29.8 Å². The topological polar surface area (TPSA) is 105 Å². The average molecular weight is 539 g/mol. The summed E-state index contributed by atoms with van der Waals surface area (Å²) in [5.41, 5.74) is 8.66. The summed E-state index contributed by atoms with van der Waals surface area (Å²) < 4.78 is 6.12. The standard InChI is InChI=1S/C30H54N2O4S/c1-9-10-13-32-29(35)21(4)14-27(34)26(31)17-23(20(2)3)15-22-11-12-25(30(5,6)7)28(16-22)36-18-24(33)19-37-8/h11-12,16,20-21,23-24,26-27,33-34H,9-10,13-15,17-19,31H2,1-8H3,(H,32,35)/t21-,23+,24+,26+,27+/m1/s1. The highest BCUT2D eigenvalue weighted by molar-refractivity contribution is 7.98. The number of carbonyl (C=O) groups is 1. The van der Waals surface area contributed by atoms with E-state index in [9.17, 15) is 15.0 Å². The molecule has 214 valence electrons. The van der Waals surface area contributed by atoms with Crippen LogP contribution in [0.2, 0.25) is 0 Å². The van der Waals surface area contributed by atoms with E-state index < -0.39 is 18.2 Å². The van der Waals surface area contributed by atoms with Gasteiger partial charge in [0.1, 0.15) is 12.4 Å². The maximum Gasteiger partial charge on any atom is 0.222 e. The van der Waals surface area contributed by atoms with Gasteiger partial charge in [-0.05, 0) is 66.4 Å². The van der Waals surface area contributed by atoms with Gasteiger partial charge in [0.15, 0.2) is 0 Å². The maximum atomic E-state index is 12.3. The van der Waals surface area contributed by atoms with Gasteiger partial charge >= 0.3 is 0 Å². The third-order valence-corrected chi connectivity index (χ3v) is 7.74. The summed E-state index contributed by atoms with van der Waals surface area (Å²) in [4.78, 5) is 12.3. The molecule has 0 aliphatic rings. The first-order valence-corrected chi connectivity index (χ1v) is 15.3. The van der Waals surface area contributed by atoms with Gasteiger partial charge in [0, 0.05) is 24.3 Å². The van der Waals surface area contributed by atoms with E-state index in [1.165, 1.54) is 0 Å². The quantitative estimate of drug-likeness (QED) is 0.210. The van der Waals surface area contributed by atoms with Gasteiger partial charge in [-0.3, -0.25) is 4.79 Å². The molecular formula is C30H54N2O4S. The SMILES string of the molecule is CCCCNC(=O)[C@H](C)C[C@H](O)[C@@H](N)C[C@H](Cc1ccc(C(C)(C)C)c(OC[C@H](O)CSC)c1)C(C)C. The van der Waals surface area contributed by atoms with Gasteiger partial charge in [0.2, 0.25) is 5.91 Å². The molecule has 0 aliphatic carbocycles. The number of hydrogen-bond acceptors (Lipinski definition) is 6. The van der Waals surface area contributed by atoms with Crippen molar-refractivity contribution in [2.75, 3.05) is 25.2 Å². The van der Waals surface area contributed by atoms with Crippen LogP contribution in [0.25, 0.3) is 0 Å². The van der Waals surface area contributed by atoms with E-state index in [0.717, 1.165) is 36.1 Å². The Bertz CT molecular complexity index is 796. The number of carbonyl (C=O) groups excluding carboxylic acids is 1. The number of ether oxygens (including phenoxy) is 1. The van der Waals surface area contributed by atoms with Crippen LogP contribution in [0, 0.1) is 17.8 Å². The summed E-state index contributed by atoms with van der Waals surface area (Å²) in [5, 5.41) is 23.9. The first kappa shape index (κ1) is 33.7. The molecule has 5 N–H and O–H groups in total. The highest BCUT2D eigenvalue weighted by Gasteiger charge is 2.27. The molecule has 5 atom stereocenters. The lowest BCUT2D eigenvalue weighted by molar-refractivity contribution is -0.125. The van der Waals surface area contributed by atoms with Crippen LogP contribution in [-0.2, 0) is 16.6 Å². The van der Waals surface area contributed by atoms with Crippen molar-refractivity contribution in [3.63, 3.8) is 0 Å². The van der Waals surface area contributed by atoms with Crippen molar-refractivity contribution in [3.8, 4) is 5.75 Å². The second-order valence-corrected chi connectivity index (χ2v) is 12.9. The molecule has 1 aromatic carbocycles. The van der Waals surface area contributed by atoms with Crippen LogP contribution in [0.1, 0.15) is 85.3 Å². The predicted molar refractivity (Wildman–Crippen MR) is 157 cm³/mol. The second kappa shape index (κ2) is 16.6. The molecule has 7 heteroatoms. The second-order valence-electron chi connectivity index (χ2n) is 12.0. The summed E-state index contributed by atoms with van der Waals surface area (Å²) in [6.07, 6.45) is 4.58. The molecule has 0 bridgehead atoms. The molecule has 0 saturated heterocycles. The molecule has 0 fully saturated rings. The highest BCUT2D eigenvalue weighted by atomic mass is 32.2. The molecule has 1 aromatic rings. The molecule has 37 heavy (non-hydrogen) atoms. The zero-order valence-corrected chi connectivity index (χ0v) is 25.4. The fourth-order valence-corrected chi connectivity index (χ4v) is 4.95. The predicted octanol–water partition coefficient (Wildman–Crippen LogP) is 4.92. The van der Waals surface area contributed by atoms with Crippen molar-refractivity contribution >= 4 is 17.7 Å². The van der Waals surface area contributed by atoms with Crippen molar-refractivity contribution in [1.82, 2.24) is 5.32 Å². The van der Waals surface area contributed by atoms with Crippen LogP contribution >= 0.6 is 11.8 Å². The number of thioether (sulfide) groups is 1. The van der Waals surface area contributed by atoms with Crippen molar-refractivity contribution in [3.05, 3.63) is 29.3 Å². The molecule has 0 heterocycles. The third kappa shape index (κ3) is 12.4. The molecule has 1 rings (SSSR count). The fourth-order valence-electron chi connectivity index (χ4n) is 4.47. The van der Waals surface area contributed by atoms with Gasteiger partial charge in [0.05, 0.1) is 12.2 Å². The van der Waals surface area contributed by atoms with E-state index in [1.807, 2.05) is 13.2 Å². The molecule has 0 aliphatic heterocycles. The normalized spacial score (nSPS) is 16.2. The molecule has 0 saturated carbocycles. The first-order valence-electron chi connectivity index (χ1n) is 13.9. The summed E-state index contributed by atoms with van der Waals surface area (Å²) >= 11 is 1.60. The van der Waals surface area contributed by atoms with Gasteiger partial charge < -0.3 is 26.0 Å². The first-order chi connectivity index (χ1) is 17.3. The lowest BCUT2D eigenvalue weighted by atomic mass is 9.81. The summed E-state index contributed by atoms with van der Waals surface area (Å²) in [5.74, 6) is 1.81. The minimum Gasteiger partial charge on any atom is -0.491 e. The van der Waals surface area contributed by atoms with Crippen molar-refractivity contribution in [2.45, 2.75) is 104 Å². The molecule has 0 aromatic heterocycles. The van der Waals surface area contributed by atoms with E-state index in [0.29, 0.717) is 31.1 Å². The van der Waals surface area contributed by atoms with Gasteiger partial charge in [-0.2, -0.15) is 11.8 Å². The van der Waals surface area contributed by atoms with Gasteiger partial charge in [-0.15, -0.1) is 0 Å². The van der Waals surface area contributed by atoms with Crippen LogP contribution < -0.4 is 15.8 Å². The van der Waals surface area contributed by atoms with Crippen LogP contribution in [0.15, 0.2) is 18.2 Å². The molecule has 6 nitrogen and oxygen atoms in total. The fraction of sp³-hybridized carbons (Fsp3) is 0.767. The summed E-state index contributed by atoms with van der Waals surface area (Å²) in [6, 6.07) is 6.00. The van der Waals surface area contributed by atoms with E-state index >= 15 is 0 Å². The number of amides is 1. The third-order valence-electron chi connectivity index (χ3n) is 7.03. The lowest BCUT2D eigenvalue weighted by Crippen LogP contribution is -2.41.